The number of benzene rings is 1. The van der Waals surface area contributed by atoms with Crippen LogP contribution in [0.25, 0.3) is 0 Å². The van der Waals surface area contributed by atoms with Crippen molar-refractivity contribution in [3.05, 3.63) is 35.6 Å². The van der Waals surface area contributed by atoms with Gasteiger partial charge in [0.15, 0.2) is 0 Å². The lowest BCUT2D eigenvalue weighted by Gasteiger charge is -2.27. The smallest absolute Gasteiger partial charge is 0.251 e. The molecule has 16 heavy (non-hydrogen) atoms. The third kappa shape index (κ3) is 3.03. The molecule has 0 heterocycles. The van der Waals surface area contributed by atoms with Gasteiger partial charge in [-0.25, -0.2) is 4.39 Å². The third-order valence-corrected chi connectivity index (χ3v) is 2.73. The van der Waals surface area contributed by atoms with Crippen LogP contribution in [-0.2, 0) is 0 Å². The van der Waals surface area contributed by atoms with E-state index in [1.807, 2.05) is 13.8 Å². The van der Waals surface area contributed by atoms with E-state index in [2.05, 4.69) is 5.32 Å². The quantitative estimate of drug-likeness (QED) is 0.817. The van der Waals surface area contributed by atoms with E-state index in [-0.39, 0.29) is 5.91 Å². The summed E-state index contributed by atoms with van der Waals surface area (Å²) in [5.74, 6) is -0.715. The maximum Gasteiger partial charge on any atom is 0.251 e. The molecular formula is C12H17FN2O. The summed E-state index contributed by atoms with van der Waals surface area (Å²) in [7, 11) is 0. The molecule has 0 fully saturated rings. The summed E-state index contributed by atoms with van der Waals surface area (Å²) in [6.07, 6.45) is 0.727. The molecular weight excluding hydrogens is 207 g/mol. The zero-order valence-corrected chi connectivity index (χ0v) is 9.59. The highest BCUT2D eigenvalue weighted by molar-refractivity contribution is 5.94. The van der Waals surface area contributed by atoms with Crippen LogP contribution in [0.4, 0.5) is 4.39 Å². The van der Waals surface area contributed by atoms with Crippen molar-refractivity contribution in [3.8, 4) is 0 Å². The minimum absolute atomic E-state index is 0.297. The van der Waals surface area contributed by atoms with Crippen LogP contribution in [0.3, 0.4) is 0 Å². The molecule has 0 radical (unpaired) electrons. The van der Waals surface area contributed by atoms with Crippen molar-refractivity contribution < 1.29 is 9.18 Å². The highest BCUT2D eigenvalue weighted by Crippen LogP contribution is 2.10. The molecule has 0 aliphatic rings. The van der Waals surface area contributed by atoms with Crippen LogP contribution >= 0.6 is 0 Å². The molecule has 0 saturated carbocycles. The van der Waals surface area contributed by atoms with Gasteiger partial charge in [-0.15, -0.1) is 0 Å². The molecule has 3 N–H and O–H groups in total. The first-order valence-corrected chi connectivity index (χ1v) is 5.29. The van der Waals surface area contributed by atoms with Crippen LogP contribution in [0.2, 0.25) is 0 Å². The maximum absolute atomic E-state index is 12.9. The number of nitrogens with one attached hydrogen (secondary N) is 1. The van der Waals surface area contributed by atoms with Gasteiger partial charge >= 0.3 is 0 Å². The van der Waals surface area contributed by atoms with Gasteiger partial charge in [0.05, 0.1) is 0 Å². The summed E-state index contributed by atoms with van der Waals surface area (Å²) in [6.45, 7) is 4.16. The zero-order chi connectivity index (χ0) is 12.2. The van der Waals surface area contributed by atoms with Gasteiger partial charge in [-0.2, -0.15) is 0 Å². The molecule has 1 atom stereocenters. The fraction of sp³-hybridized carbons (Fsp3) is 0.417. The number of nitrogens with two attached hydrogens (primary N) is 1. The van der Waals surface area contributed by atoms with Crippen molar-refractivity contribution in [1.82, 2.24) is 5.32 Å². The zero-order valence-electron chi connectivity index (χ0n) is 9.59. The van der Waals surface area contributed by atoms with E-state index < -0.39 is 11.4 Å². The number of hydrogen-bond acceptors (Lipinski definition) is 2. The first kappa shape index (κ1) is 12.6. The predicted molar refractivity (Wildman–Crippen MR) is 61.6 cm³/mol. The summed E-state index contributed by atoms with van der Waals surface area (Å²) >= 11 is 0. The fourth-order valence-corrected chi connectivity index (χ4v) is 1.26. The molecule has 0 saturated heterocycles. The SMILES string of the molecule is CCC(C)(CN)NC(=O)c1cccc(F)c1. The van der Waals surface area contributed by atoms with Gasteiger partial charge < -0.3 is 11.1 Å². The van der Waals surface area contributed by atoms with Crippen LogP contribution < -0.4 is 11.1 Å². The molecule has 0 spiro atoms. The Hall–Kier alpha value is -1.42. The van der Waals surface area contributed by atoms with Crippen molar-refractivity contribution >= 4 is 5.91 Å². The van der Waals surface area contributed by atoms with E-state index in [0.29, 0.717) is 12.1 Å². The summed E-state index contributed by atoms with van der Waals surface area (Å²) in [4.78, 5) is 11.8. The maximum atomic E-state index is 12.9. The lowest BCUT2D eigenvalue weighted by molar-refractivity contribution is 0.0906. The molecule has 1 rings (SSSR count). The number of hydrogen-bond donors (Lipinski definition) is 2. The molecule has 1 aromatic rings. The van der Waals surface area contributed by atoms with E-state index in [0.717, 1.165) is 6.42 Å². The lowest BCUT2D eigenvalue weighted by atomic mass is 9.98. The molecule has 0 aliphatic carbocycles. The molecule has 1 amide bonds. The van der Waals surface area contributed by atoms with Gasteiger partial charge in [0, 0.05) is 17.6 Å². The first-order valence-electron chi connectivity index (χ1n) is 5.29. The monoisotopic (exact) mass is 224 g/mol. The second kappa shape index (κ2) is 5.07. The first-order chi connectivity index (χ1) is 7.50. The van der Waals surface area contributed by atoms with Crippen LogP contribution in [0.1, 0.15) is 30.6 Å². The summed E-state index contributed by atoms with van der Waals surface area (Å²) in [6, 6.07) is 5.60. The van der Waals surface area contributed by atoms with Crippen molar-refractivity contribution in [2.75, 3.05) is 6.54 Å². The Kier molecular flexibility index (Phi) is 4.01. The predicted octanol–water partition coefficient (Wildman–Crippen LogP) is 1.68. The van der Waals surface area contributed by atoms with Crippen LogP contribution in [0.5, 0.6) is 0 Å². The standard InChI is InChI=1S/C12H17FN2O/c1-3-12(2,8-14)15-11(16)9-5-4-6-10(13)7-9/h4-7H,3,8,14H2,1-2H3,(H,15,16). The Morgan fingerprint density at radius 3 is 2.75 bits per heavy atom. The largest absolute Gasteiger partial charge is 0.346 e. The van der Waals surface area contributed by atoms with Gasteiger partial charge in [-0.1, -0.05) is 13.0 Å². The average Bonchev–Trinajstić information content (AvgIpc) is 2.29. The number of carbonyl (C=O) groups excluding carboxylic acids is 1. The van der Waals surface area contributed by atoms with E-state index in [1.54, 1.807) is 6.07 Å². The van der Waals surface area contributed by atoms with E-state index in [4.69, 9.17) is 5.73 Å². The Morgan fingerprint density at radius 1 is 1.56 bits per heavy atom. The van der Waals surface area contributed by atoms with Crippen LogP contribution in [0, 0.1) is 5.82 Å². The summed E-state index contributed by atoms with van der Waals surface area (Å²) < 4.78 is 12.9. The molecule has 88 valence electrons. The van der Waals surface area contributed by atoms with Gasteiger partial charge in [-0.05, 0) is 31.5 Å². The summed E-state index contributed by atoms with van der Waals surface area (Å²) in [5.41, 5.74) is 5.46. The molecule has 4 heteroatoms. The highest BCUT2D eigenvalue weighted by Gasteiger charge is 2.22. The van der Waals surface area contributed by atoms with Crippen molar-refractivity contribution in [3.63, 3.8) is 0 Å². The lowest BCUT2D eigenvalue weighted by Crippen LogP contribution is -2.50. The normalized spacial score (nSPS) is 14.2. The second-order valence-corrected chi connectivity index (χ2v) is 4.08. The van der Waals surface area contributed by atoms with E-state index >= 15 is 0 Å². The average molecular weight is 224 g/mol. The highest BCUT2D eigenvalue weighted by atomic mass is 19.1. The third-order valence-electron chi connectivity index (χ3n) is 2.73. The molecule has 0 bridgehead atoms. The van der Waals surface area contributed by atoms with E-state index in [9.17, 15) is 9.18 Å². The number of halogens is 1. The second-order valence-electron chi connectivity index (χ2n) is 4.08. The molecule has 1 aromatic carbocycles. The van der Waals surface area contributed by atoms with Crippen molar-refractivity contribution in [2.45, 2.75) is 25.8 Å². The van der Waals surface area contributed by atoms with Crippen LogP contribution in [0.15, 0.2) is 24.3 Å². The van der Waals surface area contributed by atoms with E-state index in [1.165, 1.54) is 18.2 Å². The number of rotatable bonds is 4. The molecule has 0 aromatic heterocycles. The molecule has 1 unspecified atom stereocenters. The van der Waals surface area contributed by atoms with Crippen molar-refractivity contribution in [2.24, 2.45) is 5.73 Å². The molecule has 3 nitrogen and oxygen atoms in total. The Labute approximate surface area is 94.8 Å². The topological polar surface area (TPSA) is 55.1 Å². The number of carbonyl (C=O) groups is 1. The Morgan fingerprint density at radius 2 is 2.25 bits per heavy atom. The minimum Gasteiger partial charge on any atom is -0.346 e. The van der Waals surface area contributed by atoms with Gasteiger partial charge in [0.1, 0.15) is 5.82 Å². The van der Waals surface area contributed by atoms with Gasteiger partial charge in [0.25, 0.3) is 5.91 Å². The Bertz CT molecular complexity index is 375. The molecule has 0 aliphatic heterocycles. The van der Waals surface area contributed by atoms with Gasteiger partial charge in [-0.3, -0.25) is 4.79 Å². The Balaban J connectivity index is 2.80. The fourth-order valence-electron chi connectivity index (χ4n) is 1.26. The van der Waals surface area contributed by atoms with Crippen molar-refractivity contribution in [1.29, 1.82) is 0 Å². The number of amides is 1. The van der Waals surface area contributed by atoms with Crippen LogP contribution in [-0.4, -0.2) is 18.0 Å². The summed E-state index contributed by atoms with van der Waals surface area (Å²) in [5, 5.41) is 2.81. The van der Waals surface area contributed by atoms with Gasteiger partial charge in [0.2, 0.25) is 0 Å². The minimum atomic E-state index is -0.441.